The number of nitrogens with one attached hydrogen (secondary N) is 1. The average Bonchev–Trinajstić information content (AvgIpc) is 2.49. The van der Waals surface area contributed by atoms with Crippen molar-refractivity contribution in [2.75, 3.05) is 14.1 Å². The van der Waals surface area contributed by atoms with Gasteiger partial charge in [0.25, 0.3) is 0 Å². The molecule has 3 nitrogen and oxygen atoms in total. The Labute approximate surface area is 87.7 Å². The summed E-state index contributed by atoms with van der Waals surface area (Å²) in [4.78, 5) is 9.36. The molecule has 0 fully saturated rings. The van der Waals surface area contributed by atoms with E-state index in [0.717, 1.165) is 17.4 Å². The van der Waals surface area contributed by atoms with Crippen molar-refractivity contribution in [1.29, 1.82) is 0 Å². The average molecular weight is 210 g/mol. The van der Waals surface area contributed by atoms with Crippen LogP contribution in [0.2, 0.25) is 5.15 Å². The second kappa shape index (κ2) is 3.59. The zero-order valence-electron chi connectivity index (χ0n) is 8.21. The Bertz CT molecular complexity index is 448. The molecule has 2 aromatic rings. The molecule has 74 valence electrons. The van der Waals surface area contributed by atoms with Crippen LogP contribution >= 0.6 is 11.6 Å². The van der Waals surface area contributed by atoms with Crippen LogP contribution in [0.5, 0.6) is 0 Å². The number of aromatic nitrogens is 2. The fourth-order valence-corrected chi connectivity index (χ4v) is 1.84. The van der Waals surface area contributed by atoms with Crippen molar-refractivity contribution >= 4 is 22.5 Å². The van der Waals surface area contributed by atoms with Gasteiger partial charge in [0.2, 0.25) is 0 Å². The summed E-state index contributed by atoms with van der Waals surface area (Å²) >= 11 is 6.04. The second-order valence-electron chi connectivity index (χ2n) is 3.58. The van der Waals surface area contributed by atoms with Crippen LogP contribution < -0.4 is 0 Å². The number of rotatable bonds is 2. The normalized spacial score (nSPS) is 11.4. The highest BCUT2D eigenvalue weighted by Gasteiger charge is 2.08. The first kappa shape index (κ1) is 9.49. The summed E-state index contributed by atoms with van der Waals surface area (Å²) in [5.74, 6) is 0. The van der Waals surface area contributed by atoms with Gasteiger partial charge in [-0.1, -0.05) is 11.6 Å². The number of hydrogen-bond acceptors (Lipinski definition) is 2. The molecule has 0 aromatic carbocycles. The Kier molecular flexibility index (Phi) is 2.44. The molecule has 0 aliphatic rings. The van der Waals surface area contributed by atoms with Crippen molar-refractivity contribution in [1.82, 2.24) is 14.9 Å². The molecule has 0 radical (unpaired) electrons. The van der Waals surface area contributed by atoms with E-state index >= 15 is 0 Å². The molecule has 2 rings (SSSR count). The molecule has 0 saturated carbocycles. The van der Waals surface area contributed by atoms with Gasteiger partial charge in [0.1, 0.15) is 5.15 Å². The zero-order chi connectivity index (χ0) is 10.1. The molecule has 0 unspecified atom stereocenters. The lowest BCUT2D eigenvalue weighted by Crippen LogP contribution is -2.10. The van der Waals surface area contributed by atoms with Crippen molar-refractivity contribution < 1.29 is 0 Å². The van der Waals surface area contributed by atoms with E-state index in [0.29, 0.717) is 5.15 Å². The highest BCUT2D eigenvalue weighted by atomic mass is 35.5. The first-order valence-corrected chi connectivity index (χ1v) is 4.81. The topological polar surface area (TPSA) is 31.9 Å². The van der Waals surface area contributed by atoms with Gasteiger partial charge < -0.3 is 9.88 Å². The van der Waals surface area contributed by atoms with Crippen LogP contribution in [0.4, 0.5) is 0 Å². The van der Waals surface area contributed by atoms with Gasteiger partial charge in [-0.15, -0.1) is 0 Å². The molecule has 0 atom stereocenters. The van der Waals surface area contributed by atoms with E-state index in [1.165, 1.54) is 5.56 Å². The van der Waals surface area contributed by atoms with Crippen LogP contribution in [0.3, 0.4) is 0 Å². The highest BCUT2D eigenvalue weighted by molar-refractivity contribution is 6.34. The van der Waals surface area contributed by atoms with Gasteiger partial charge in [-0.2, -0.15) is 0 Å². The third-order valence-corrected chi connectivity index (χ3v) is 2.40. The third-order valence-electron chi connectivity index (χ3n) is 2.11. The Morgan fingerprint density at radius 1 is 1.50 bits per heavy atom. The standard InChI is InChI=1S/C10H12ClN3/c1-14(2)6-7-5-13-8-3-4-12-10(11)9(7)8/h3-5,13H,6H2,1-2H3. The predicted molar refractivity (Wildman–Crippen MR) is 58.5 cm³/mol. The molecular weight excluding hydrogens is 198 g/mol. The number of H-pyrrole nitrogens is 1. The summed E-state index contributed by atoms with van der Waals surface area (Å²) in [5, 5.41) is 1.60. The largest absolute Gasteiger partial charge is 0.361 e. The molecule has 2 aromatic heterocycles. The lowest BCUT2D eigenvalue weighted by atomic mass is 10.2. The molecule has 0 saturated heterocycles. The number of hydrogen-bond donors (Lipinski definition) is 1. The molecular formula is C10H12ClN3. The first-order chi connectivity index (χ1) is 6.68. The molecule has 0 aliphatic heterocycles. The summed E-state index contributed by atoms with van der Waals surface area (Å²) in [5.41, 5.74) is 2.23. The number of aromatic amines is 1. The molecule has 0 aliphatic carbocycles. The van der Waals surface area contributed by atoms with E-state index in [9.17, 15) is 0 Å². The number of fused-ring (bicyclic) bond motifs is 1. The lowest BCUT2D eigenvalue weighted by Gasteiger charge is -2.08. The summed E-state index contributed by atoms with van der Waals surface area (Å²) < 4.78 is 0. The van der Waals surface area contributed by atoms with Crippen LogP contribution in [-0.4, -0.2) is 29.0 Å². The minimum absolute atomic E-state index is 0.570. The van der Waals surface area contributed by atoms with Crippen molar-refractivity contribution in [2.45, 2.75) is 6.54 Å². The molecule has 1 N–H and O–H groups in total. The molecule has 2 heterocycles. The van der Waals surface area contributed by atoms with Crippen LogP contribution in [0, 0.1) is 0 Å². The maximum Gasteiger partial charge on any atom is 0.138 e. The van der Waals surface area contributed by atoms with E-state index < -0.39 is 0 Å². The van der Waals surface area contributed by atoms with Crippen molar-refractivity contribution in [3.8, 4) is 0 Å². The van der Waals surface area contributed by atoms with E-state index in [4.69, 9.17) is 11.6 Å². The van der Waals surface area contributed by atoms with E-state index in [-0.39, 0.29) is 0 Å². The second-order valence-corrected chi connectivity index (χ2v) is 3.93. The van der Waals surface area contributed by atoms with Crippen molar-refractivity contribution in [3.63, 3.8) is 0 Å². The van der Waals surface area contributed by atoms with Crippen LogP contribution in [0.15, 0.2) is 18.5 Å². The van der Waals surface area contributed by atoms with Gasteiger partial charge in [0, 0.05) is 24.3 Å². The van der Waals surface area contributed by atoms with E-state index in [1.807, 2.05) is 26.4 Å². The summed E-state index contributed by atoms with van der Waals surface area (Å²) in [6.45, 7) is 0.866. The Morgan fingerprint density at radius 3 is 3.00 bits per heavy atom. The molecule has 0 bridgehead atoms. The zero-order valence-corrected chi connectivity index (χ0v) is 8.97. The van der Waals surface area contributed by atoms with E-state index in [1.54, 1.807) is 6.20 Å². The molecule has 0 amide bonds. The smallest absolute Gasteiger partial charge is 0.138 e. The first-order valence-electron chi connectivity index (χ1n) is 4.43. The summed E-state index contributed by atoms with van der Waals surface area (Å²) in [6, 6.07) is 1.93. The monoisotopic (exact) mass is 209 g/mol. The lowest BCUT2D eigenvalue weighted by molar-refractivity contribution is 0.404. The maximum absolute atomic E-state index is 6.04. The fourth-order valence-electron chi connectivity index (χ4n) is 1.56. The quantitative estimate of drug-likeness (QED) is 0.770. The van der Waals surface area contributed by atoms with Crippen molar-refractivity contribution in [3.05, 3.63) is 29.2 Å². The van der Waals surface area contributed by atoms with Gasteiger partial charge in [-0.05, 0) is 25.7 Å². The highest BCUT2D eigenvalue weighted by Crippen LogP contribution is 2.24. The number of halogens is 1. The number of pyridine rings is 1. The van der Waals surface area contributed by atoms with E-state index in [2.05, 4.69) is 14.9 Å². The number of nitrogens with zero attached hydrogens (tertiary/aromatic N) is 2. The molecule has 0 spiro atoms. The Balaban J connectivity index is 2.55. The molecule has 14 heavy (non-hydrogen) atoms. The van der Waals surface area contributed by atoms with Gasteiger partial charge in [0.05, 0.1) is 5.52 Å². The molecule has 4 heteroatoms. The summed E-state index contributed by atoms with van der Waals surface area (Å²) in [7, 11) is 4.06. The minimum atomic E-state index is 0.570. The van der Waals surface area contributed by atoms with Crippen LogP contribution in [-0.2, 0) is 6.54 Å². The Hall–Kier alpha value is -1.06. The van der Waals surface area contributed by atoms with Crippen molar-refractivity contribution in [2.24, 2.45) is 0 Å². The van der Waals surface area contributed by atoms with Crippen LogP contribution in [0.25, 0.3) is 10.9 Å². The third kappa shape index (κ3) is 1.61. The minimum Gasteiger partial charge on any atom is -0.361 e. The van der Waals surface area contributed by atoms with Gasteiger partial charge in [-0.25, -0.2) is 4.98 Å². The van der Waals surface area contributed by atoms with Gasteiger partial charge in [0.15, 0.2) is 0 Å². The van der Waals surface area contributed by atoms with Gasteiger partial charge >= 0.3 is 0 Å². The summed E-state index contributed by atoms with van der Waals surface area (Å²) in [6.07, 6.45) is 3.69. The maximum atomic E-state index is 6.04. The fraction of sp³-hybridized carbons (Fsp3) is 0.300. The SMILES string of the molecule is CN(C)Cc1c[nH]c2ccnc(Cl)c12. The Morgan fingerprint density at radius 2 is 2.29 bits per heavy atom. The predicted octanol–water partition coefficient (Wildman–Crippen LogP) is 2.28. The van der Waals surface area contributed by atoms with Crippen LogP contribution in [0.1, 0.15) is 5.56 Å². The van der Waals surface area contributed by atoms with Gasteiger partial charge in [-0.3, -0.25) is 0 Å².